The van der Waals surface area contributed by atoms with Gasteiger partial charge in [0.25, 0.3) is 0 Å². The SMILES string of the molecule is CCCCC/C=C\C/C=C\C/C=C\C/C=C\CCCCCC(=O)OC(/C=C/CCCCCCCCCCCC)C(COP(=O)(O)OCC[N+](C)(C)C)NC(=O)CCCCCCCCCCCCC/C=C/CCCCCCCC. The maximum Gasteiger partial charge on any atom is 0.472 e. The predicted octanol–water partition coefficient (Wildman–Crippen LogP) is 20.4. The maximum atomic E-state index is 13.6. The second-order valence-electron chi connectivity index (χ2n) is 23.3. The fourth-order valence-electron chi connectivity index (χ4n) is 9.27. The number of carbonyl (C=O) groups is 2. The van der Waals surface area contributed by atoms with Crippen LogP contribution in [-0.2, 0) is 27.9 Å². The Kier molecular flexibility index (Phi) is 55.8. The zero-order valence-electron chi connectivity index (χ0n) is 51.9. The minimum absolute atomic E-state index is 0.0331. The number of allylic oxidation sites excluding steroid dienone is 11. The fourth-order valence-corrected chi connectivity index (χ4v) is 10.0. The van der Waals surface area contributed by atoms with Crippen molar-refractivity contribution in [3.8, 4) is 0 Å². The van der Waals surface area contributed by atoms with Crippen molar-refractivity contribution in [2.45, 2.75) is 309 Å². The largest absolute Gasteiger partial charge is 0.472 e. The van der Waals surface area contributed by atoms with Crippen LogP contribution in [0, 0.1) is 0 Å². The van der Waals surface area contributed by atoms with E-state index < -0.39 is 20.0 Å². The van der Waals surface area contributed by atoms with E-state index in [9.17, 15) is 19.0 Å². The predicted molar refractivity (Wildman–Crippen MR) is 337 cm³/mol. The van der Waals surface area contributed by atoms with Gasteiger partial charge >= 0.3 is 13.8 Å². The Bertz CT molecular complexity index is 1570. The summed E-state index contributed by atoms with van der Waals surface area (Å²) in [6.07, 6.45) is 74.7. The molecule has 1 amide bonds. The van der Waals surface area contributed by atoms with E-state index in [1.165, 1.54) is 180 Å². The average Bonchev–Trinajstić information content (AvgIpc) is 3.40. The van der Waals surface area contributed by atoms with Crippen LogP contribution in [-0.4, -0.2) is 74.3 Å². The van der Waals surface area contributed by atoms with Gasteiger partial charge in [0.05, 0.1) is 33.8 Å². The van der Waals surface area contributed by atoms with Crippen LogP contribution in [0.5, 0.6) is 0 Å². The number of esters is 1. The Morgan fingerprint density at radius 1 is 0.449 bits per heavy atom. The van der Waals surface area contributed by atoms with Crippen LogP contribution >= 0.6 is 7.82 Å². The molecule has 78 heavy (non-hydrogen) atoms. The minimum atomic E-state index is -4.46. The number of carbonyl (C=O) groups excluding carboxylic acids is 2. The van der Waals surface area contributed by atoms with Crippen LogP contribution in [0.3, 0.4) is 0 Å². The van der Waals surface area contributed by atoms with Crippen molar-refractivity contribution < 1.29 is 37.3 Å². The third kappa shape index (κ3) is 58.1. The van der Waals surface area contributed by atoms with Gasteiger partial charge in [-0.3, -0.25) is 18.6 Å². The lowest BCUT2D eigenvalue weighted by Gasteiger charge is -2.27. The molecule has 0 saturated carbocycles. The molecule has 0 aliphatic heterocycles. The van der Waals surface area contributed by atoms with Gasteiger partial charge in [-0.2, -0.15) is 0 Å². The number of hydrogen-bond donors (Lipinski definition) is 2. The average molecular weight is 1110 g/mol. The highest BCUT2D eigenvalue weighted by Crippen LogP contribution is 2.43. The van der Waals surface area contributed by atoms with E-state index in [4.69, 9.17) is 13.8 Å². The van der Waals surface area contributed by atoms with E-state index in [1.807, 2.05) is 33.3 Å². The first-order valence-electron chi connectivity index (χ1n) is 32.8. The maximum absolute atomic E-state index is 13.6. The molecular weight excluding hydrogens is 988 g/mol. The Morgan fingerprint density at radius 3 is 1.22 bits per heavy atom. The molecule has 0 heterocycles. The number of hydrogen-bond acceptors (Lipinski definition) is 6. The third-order valence-electron chi connectivity index (χ3n) is 14.4. The molecule has 10 heteroatoms. The first kappa shape index (κ1) is 75.5. The summed E-state index contributed by atoms with van der Waals surface area (Å²) in [5, 5.41) is 3.06. The molecule has 3 atom stereocenters. The van der Waals surface area contributed by atoms with Gasteiger partial charge in [-0.25, -0.2) is 4.57 Å². The van der Waals surface area contributed by atoms with Gasteiger partial charge in [0.1, 0.15) is 19.3 Å². The zero-order chi connectivity index (χ0) is 57.2. The minimum Gasteiger partial charge on any atom is -0.456 e. The van der Waals surface area contributed by atoms with Crippen LogP contribution in [0.15, 0.2) is 72.9 Å². The molecule has 0 fully saturated rings. The third-order valence-corrected chi connectivity index (χ3v) is 15.4. The normalized spacial score (nSPS) is 14.1. The van der Waals surface area contributed by atoms with E-state index in [1.54, 1.807) is 0 Å². The summed E-state index contributed by atoms with van der Waals surface area (Å²) in [5.74, 6) is -0.537. The highest BCUT2D eigenvalue weighted by molar-refractivity contribution is 7.47. The smallest absolute Gasteiger partial charge is 0.456 e. The van der Waals surface area contributed by atoms with Crippen molar-refractivity contribution in [3.05, 3.63) is 72.9 Å². The molecule has 0 aliphatic carbocycles. The molecule has 0 aliphatic rings. The van der Waals surface area contributed by atoms with E-state index in [0.717, 1.165) is 77.0 Å². The zero-order valence-corrected chi connectivity index (χ0v) is 52.8. The Morgan fingerprint density at radius 2 is 0.782 bits per heavy atom. The van der Waals surface area contributed by atoms with Gasteiger partial charge in [0, 0.05) is 12.8 Å². The first-order chi connectivity index (χ1) is 37.9. The number of amides is 1. The van der Waals surface area contributed by atoms with Gasteiger partial charge in [-0.1, -0.05) is 255 Å². The van der Waals surface area contributed by atoms with Crippen LogP contribution in [0.25, 0.3) is 0 Å². The summed E-state index contributed by atoms with van der Waals surface area (Å²) in [7, 11) is 1.48. The summed E-state index contributed by atoms with van der Waals surface area (Å²) < 4.78 is 30.7. The standard InChI is InChI=1S/C68H125N2O7P/c1-7-10-13-16-19-22-25-28-30-32-34-35-37-38-40-42-45-48-51-54-57-60-67(71)69-65(64-76-78(73,74)75-63-62-70(4,5)6)66(59-56-53-50-47-44-27-24-21-18-15-12-9-3)77-68(72)61-58-55-52-49-46-43-41-39-36-33-31-29-26-23-20-17-14-11-8-2/h20,23,28-31,36,39,43,46,56,59,65-66H,7-19,21-22,24-27,32-35,37-38,40-42,44-45,47-55,57-58,60-64H2,1-6H3,(H-,69,71,73,74)/p+1/b23-20-,30-28+,31-29-,39-36-,46-43-,59-56+. The number of nitrogens with zero attached hydrogens (tertiary/aromatic N) is 1. The summed E-state index contributed by atoms with van der Waals surface area (Å²) in [4.78, 5) is 37.8. The van der Waals surface area contributed by atoms with Crippen molar-refractivity contribution in [2.75, 3.05) is 40.9 Å². The molecule has 3 unspecified atom stereocenters. The summed E-state index contributed by atoms with van der Waals surface area (Å²) in [5.41, 5.74) is 0. The number of ether oxygens (including phenoxy) is 1. The molecule has 2 N–H and O–H groups in total. The Hall–Kier alpha value is -2.55. The highest BCUT2D eigenvalue weighted by Gasteiger charge is 2.30. The first-order valence-corrected chi connectivity index (χ1v) is 34.3. The van der Waals surface area contributed by atoms with Crippen LogP contribution in [0.4, 0.5) is 0 Å². The fraction of sp³-hybridized carbons (Fsp3) is 0.794. The van der Waals surface area contributed by atoms with E-state index in [2.05, 4.69) is 86.8 Å². The lowest BCUT2D eigenvalue weighted by atomic mass is 10.0. The molecule has 454 valence electrons. The lowest BCUT2D eigenvalue weighted by Crippen LogP contribution is -2.47. The Balaban J connectivity index is 5.24. The molecule has 0 rings (SSSR count). The monoisotopic (exact) mass is 1110 g/mol. The summed E-state index contributed by atoms with van der Waals surface area (Å²) >= 11 is 0. The molecule has 0 saturated heterocycles. The molecule has 0 radical (unpaired) electrons. The van der Waals surface area contributed by atoms with E-state index >= 15 is 0 Å². The number of phosphoric acid groups is 1. The number of rotatable bonds is 59. The van der Waals surface area contributed by atoms with Crippen molar-refractivity contribution in [1.82, 2.24) is 5.32 Å². The molecular formula is C68H126N2O7P+. The van der Waals surface area contributed by atoms with Crippen LogP contribution < -0.4 is 5.32 Å². The summed E-state index contributed by atoms with van der Waals surface area (Å²) in [6.45, 7) is 6.98. The number of nitrogens with one attached hydrogen (secondary N) is 1. The van der Waals surface area contributed by atoms with Crippen LogP contribution in [0.2, 0.25) is 0 Å². The van der Waals surface area contributed by atoms with Crippen molar-refractivity contribution >= 4 is 19.7 Å². The van der Waals surface area contributed by atoms with Crippen molar-refractivity contribution in [3.63, 3.8) is 0 Å². The molecule has 9 nitrogen and oxygen atoms in total. The van der Waals surface area contributed by atoms with Crippen LogP contribution in [0.1, 0.15) is 297 Å². The van der Waals surface area contributed by atoms with E-state index in [-0.39, 0.29) is 31.5 Å². The Labute approximate surface area is 483 Å². The molecule has 0 aromatic carbocycles. The second-order valence-corrected chi connectivity index (χ2v) is 24.7. The summed E-state index contributed by atoms with van der Waals surface area (Å²) in [6, 6.07) is -0.864. The van der Waals surface area contributed by atoms with E-state index in [0.29, 0.717) is 23.9 Å². The molecule has 0 aromatic rings. The van der Waals surface area contributed by atoms with Crippen molar-refractivity contribution in [2.24, 2.45) is 0 Å². The highest BCUT2D eigenvalue weighted by atomic mass is 31.2. The number of likely N-dealkylation sites (N-methyl/N-ethyl adjacent to an activating group) is 1. The quantitative estimate of drug-likeness (QED) is 0.0205. The molecule has 0 aromatic heterocycles. The van der Waals surface area contributed by atoms with Gasteiger partial charge in [-0.15, -0.1) is 0 Å². The number of quaternary nitrogens is 1. The molecule has 0 spiro atoms. The topological polar surface area (TPSA) is 111 Å². The van der Waals surface area contributed by atoms with Gasteiger partial charge in [0.15, 0.2) is 0 Å². The second kappa shape index (κ2) is 57.7. The number of phosphoric ester groups is 1. The molecule has 0 bridgehead atoms. The van der Waals surface area contributed by atoms with Gasteiger partial charge < -0.3 is 19.4 Å². The lowest BCUT2D eigenvalue weighted by molar-refractivity contribution is -0.870. The van der Waals surface area contributed by atoms with Crippen molar-refractivity contribution in [1.29, 1.82) is 0 Å². The number of unbranched alkanes of at least 4 members (excludes halogenated alkanes) is 33. The van der Waals surface area contributed by atoms with Gasteiger partial charge in [-0.05, 0) is 102 Å². The van der Waals surface area contributed by atoms with Gasteiger partial charge in [0.2, 0.25) is 5.91 Å².